The Hall–Kier alpha value is -0.340. The van der Waals surface area contributed by atoms with Crippen LogP contribution in [0.2, 0.25) is 0 Å². The fourth-order valence-electron chi connectivity index (χ4n) is 13.7. The first-order chi connectivity index (χ1) is 34.4. The first-order valence-corrected chi connectivity index (χ1v) is 33.2. The summed E-state index contributed by atoms with van der Waals surface area (Å²) >= 11 is 0. The Labute approximate surface area is 441 Å². The Balaban J connectivity index is 0.750. The number of amides is 1. The summed E-state index contributed by atoms with van der Waals surface area (Å²) in [6.45, 7) is 16.5. The highest BCUT2D eigenvalue weighted by Crippen LogP contribution is 2.67. The van der Waals surface area contributed by atoms with Gasteiger partial charge in [-0.05, 0) is 123 Å². The molecule has 1 amide bonds. The Bertz CT molecular complexity index is 1520. The molecule has 414 valence electrons. The molecule has 0 aliphatic heterocycles. The number of unbranched alkanes of at least 4 members (excludes halogenated alkanes) is 6. The van der Waals surface area contributed by atoms with Crippen LogP contribution in [0.1, 0.15) is 202 Å². The van der Waals surface area contributed by atoms with Crippen molar-refractivity contribution in [1.29, 1.82) is 0 Å². The highest BCUT2D eigenvalue weighted by molar-refractivity contribution is 8.76. The second-order valence-corrected chi connectivity index (χ2v) is 27.3. The number of carbonyl (C=O) groups excluding carboxylic acids is 1. The predicted molar refractivity (Wildman–Crippen MR) is 294 cm³/mol. The minimum absolute atomic E-state index is 0.0232. The molecule has 0 saturated heterocycles. The number of fused-ring (bicyclic) bond motifs is 5. The first-order valence-electron chi connectivity index (χ1n) is 29.2. The molecule has 5 aliphatic carbocycles. The third kappa shape index (κ3) is 22.3. The number of phosphoric ester groups is 1. The van der Waals surface area contributed by atoms with Gasteiger partial charge in [-0.2, -0.15) is 0 Å². The van der Waals surface area contributed by atoms with Gasteiger partial charge in [-0.3, -0.25) is 9.05 Å². The summed E-state index contributed by atoms with van der Waals surface area (Å²) in [5.74, 6) is 8.40. The van der Waals surface area contributed by atoms with Gasteiger partial charge in [-0.25, -0.2) is 9.36 Å². The molecule has 4 fully saturated rings. The minimum atomic E-state index is -4.07. The number of nitrogens with one attached hydrogen (secondary N) is 1. The molecule has 0 radical (unpaired) electrons. The Morgan fingerprint density at radius 2 is 1.32 bits per heavy atom. The molecular weight excluding hydrogens is 954 g/mol. The maximum Gasteiger partial charge on any atom is 0.472 e. The second kappa shape index (κ2) is 34.4. The lowest BCUT2D eigenvalue weighted by molar-refractivity contribution is -0.0581. The monoisotopic (exact) mass is 1060 g/mol. The molecule has 0 heterocycles. The van der Waals surface area contributed by atoms with Gasteiger partial charge in [-0.15, -0.1) is 0 Å². The van der Waals surface area contributed by atoms with Crippen LogP contribution in [0, 0.1) is 52.3 Å². The maximum absolute atomic E-state index is 12.8. The van der Waals surface area contributed by atoms with Crippen molar-refractivity contribution in [3.8, 4) is 0 Å². The number of phosphoric acid groups is 1. The molecule has 0 aromatic carbocycles. The van der Waals surface area contributed by atoms with Crippen LogP contribution >= 0.6 is 29.4 Å². The summed E-state index contributed by atoms with van der Waals surface area (Å²) < 4.78 is 50.6. The van der Waals surface area contributed by atoms with Gasteiger partial charge in [0.05, 0.1) is 59.5 Å². The number of allylic oxidation sites excluding steroid dienone is 1. The molecule has 2 N–H and O–H groups in total. The molecule has 0 spiro atoms. The van der Waals surface area contributed by atoms with E-state index in [-0.39, 0.29) is 37.4 Å². The van der Waals surface area contributed by atoms with Gasteiger partial charge < -0.3 is 33.9 Å². The molecule has 4 unspecified atom stereocenters. The lowest BCUT2D eigenvalue weighted by Crippen LogP contribution is -2.51. The quantitative estimate of drug-likeness (QED) is 0.0263. The van der Waals surface area contributed by atoms with Gasteiger partial charge in [-0.1, -0.05) is 158 Å². The van der Waals surface area contributed by atoms with E-state index in [4.69, 9.17) is 32.7 Å². The third-order valence-corrected chi connectivity index (χ3v) is 21.2. The van der Waals surface area contributed by atoms with Crippen LogP contribution < -0.4 is 5.32 Å². The van der Waals surface area contributed by atoms with Crippen molar-refractivity contribution in [2.24, 2.45) is 52.3 Å². The SMILES string of the molecule is CC(C)CCC[C@H](C)[C@H]1CCC2C3CC=C4C[C@@H](OC(=O)NCCCOCCOCCOCCOCCOP(=O)(O)OCCCCCCSSCCCCCCC5CCCCC5)CC[C@]4(C)C3CC[C@@]21C. The van der Waals surface area contributed by atoms with Gasteiger partial charge in [0.1, 0.15) is 6.10 Å². The van der Waals surface area contributed by atoms with Gasteiger partial charge in [0.15, 0.2) is 0 Å². The number of ether oxygens (including phenoxy) is 5. The minimum Gasteiger partial charge on any atom is -0.446 e. The van der Waals surface area contributed by atoms with Gasteiger partial charge in [0, 0.05) is 31.1 Å². The van der Waals surface area contributed by atoms with Crippen LogP contribution in [0.15, 0.2) is 11.6 Å². The highest BCUT2D eigenvalue weighted by atomic mass is 33.1. The first kappa shape index (κ1) is 61.5. The van der Waals surface area contributed by atoms with E-state index in [1.54, 1.807) is 5.57 Å². The summed E-state index contributed by atoms with van der Waals surface area (Å²) in [5, 5.41) is 2.94. The van der Waals surface area contributed by atoms with E-state index in [2.05, 4.69) is 46.0 Å². The second-order valence-electron chi connectivity index (χ2n) is 23.2. The van der Waals surface area contributed by atoms with E-state index in [1.807, 2.05) is 21.6 Å². The zero-order valence-corrected chi connectivity index (χ0v) is 48.2. The molecule has 71 heavy (non-hydrogen) atoms. The average Bonchev–Trinajstić information content (AvgIpc) is 3.71. The normalized spacial score (nSPS) is 27.9. The number of rotatable bonds is 39. The van der Waals surface area contributed by atoms with Gasteiger partial charge >= 0.3 is 13.9 Å². The van der Waals surface area contributed by atoms with E-state index < -0.39 is 7.82 Å². The van der Waals surface area contributed by atoms with Crippen molar-refractivity contribution >= 4 is 35.5 Å². The molecule has 0 aromatic heterocycles. The van der Waals surface area contributed by atoms with E-state index in [1.165, 1.54) is 121 Å². The van der Waals surface area contributed by atoms with Crippen molar-refractivity contribution in [3.05, 3.63) is 11.6 Å². The Morgan fingerprint density at radius 1 is 0.690 bits per heavy atom. The lowest BCUT2D eigenvalue weighted by atomic mass is 9.47. The largest absolute Gasteiger partial charge is 0.472 e. The molecule has 0 aromatic rings. The van der Waals surface area contributed by atoms with Crippen LogP contribution in [0.5, 0.6) is 0 Å². The predicted octanol–water partition coefficient (Wildman–Crippen LogP) is 15.2. The van der Waals surface area contributed by atoms with Crippen molar-refractivity contribution in [2.75, 3.05) is 84.1 Å². The fourth-order valence-corrected chi connectivity index (χ4v) is 16.7. The average molecular weight is 1060 g/mol. The smallest absolute Gasteiger partial charge is 0.446 e. The van der Waals surface area contributed by atoms with Gasteiger partial charge in [0.2, 0.25) is 0 Å². The summed E-state index contributed by atoms with van der Waals surface area (Å²) in [4.78, 5) is 22.7. The highest BCUT2D eigenvalue weighted by Gasteiger charge is 2.59. The third-order valence-electron chi connectivity index (χ3n) is 17.6. The van der Waals surface area contributed by atoms with Crippen molar-refractivity contribution in [1.82, 2.24) is 5.32 Å². The molecule has 11 nitrogen and oxygen atoms in total. The Morgan fingerprint density at radius 3 is 2.01 bits per heavy atom. The van der Waals surface area contributed by atoms with E-state index in [0.29, 0.717) is 64.6 Å². The topological polar surface area (TPSA) is 131 Å². The standard InChI is InChI=1S/C57H104NO10PS2/c1-46(2)19-17-20-47(3)52-26-27-53-51-25-24-49-45-50(28-30-56(49,4)54(51)29-31-57(52,53)5)68-55(59)58-32-18-33-62-35-36-63-37-38-64-39-40-65-41-42-67-69(60,61)66-34-14-7-9-16-44-71-70-43-15-8-6-11-21-48-22-12-10-13-23-48/h24,46-48,50-54H,6-23,25-45H2,1-5H3,(H,58,59)(H,60,61)/t47-,50-,51?,52+,53?,54?,56-,57+/m0/s1. The van der Waals surface area contributed by atoms with Gasteiger partial charge in [0.25, 0.3) is 0 Å². The Kier molecular flexibility index (Phi) is 29.8. The van der Waals surface area contributed by atoms with Crippen LogP contribution in [0.4, 0.5) is 4.79 Å². The molecule has 0 bridgehead atoms. The zero-order chi connectivity index (χ0) is 50.6. The fraction of sp³-hybridized carbons (Fsp3) is 0.947. The van der Waals surface area contributed by atoms with E-state index in [9.17, 15) is 14.3 Å². The van der Waals surface area contributed by atoms with Crippen molar-refractivity contribution < 1.29 is 47.0 Å². The summed E-state index contributed by atoms with van der Waals surface area (Å²) in [7, 11) is -0.0820. The molecular formula is C57H104NO10PS2. The van der Waals surface area contributed by atoms with Crippen LogP contribution in [-0.4, -0.2) is 101 Å². The van der Waals surface area contributed by atoms with Crippen LogP contribution in [0.3, 0.4) is 0 Å². The summed E-state index contributed by atoms with van der Waals surface area (Å²) in [6.07, 6.45) is 35.2. The number of carbonyl (C=O) groups is 1. The summed E-state index contributed by atoms with van der Waals surface area (Å²) in [5.41, 5.74) is 2.31. The van der Waals surface area contributed by atoms with Crippen LogP contribution in [-0.2, 0) is 37.3 Å². The number of alkyl carbamates (subject to hydrolysis) is 1. The molecule has 4 saturated carbocycles. The van der Waals surface area contributed by atoms with Crippen molar-refractivity contribution in [3.63, 3.8) is 0 Å². The lowest BCUT2D eigenvalue weighted by Gasteiger charge is -2.58. The number of hydrogen-bond donors (Lipinski definition) is 2. The molecule has 9 atom stereocenters. The van der Waals surface area contributed by atoms with E-state index >= 15 is 0 Å². The zero-order valence-electron chi connectivity index (χ0n) is 45.7. The van der Waals surface area contributed by atoms with E-state index in [0.717, 1.165) is 92.1 Å². The molecule has 5 rings (SSSR count). The molecule has 14 heteroatoms. The number of hydrogen-bond acceptors (Lipinski definition) is 11. The van der Waals surface area contributed by atoms with Crippen molar-refractivity contribution in [2.45, 2.75) is 208 Å². The van der Waals surface area contributed by atoms with Crippen LogP contribution in [0.25, 0.3) is 0 Å². The maximum atomic E-state index is 12.8. The molecule has 5 aliphatic rings. The summed E-state index contributed by atoms with van der Waals surface area (Å²) in [6, 6.07) is 0.